The number of nitrogens with zero attached hydrogens (tertiary/aromatic N) is 1. The van der Waals surface area contributed by atoms with Gasteiger partial charge in [-0.3, -0.25) is 4.79 Å². The van der Waals surface area contributed by atoms with Crippen LogP contribution in [-0.2, 0) is 16.8 Å². The molecule has 1 aliphatic heterocycles. The molecule has 1 aliphatic rings. The van der Waals surface area contributed by atoms with Crippen LogP contribution < -0.4 is 14.4 Å². The van der Waals surface area contributed by atoms with Crippen LogP contribution in [0, 0.1) is 0 Å². The number of anilines is 1. The summed E-state index contributed by atoms with van der Waals surface area (Å²) in [5.41, 5.74) is -5.57. The van der Waals surface area contributed by atoms with Crippen LogP contribution in [0.4, 0.5) is 32.0 Å². The first-order valence-corrected chi connectivity index (χ1v) is 12.4. The smallest absolute Gasteiger partial charge is 0.430 e. The van der Waals surface area contributed by atoms with Gasteiger partial charge in [-0.15, -0.1) is 0 Å². The fourth-order valence-electron chi connectivity index (χ4n) is 4.76. The zero-order valence-corrected chi connectivity index (χ0v) is 21.6. The second kappa shape index (κ2) is 11.0. The Morgan fingerprint density at radius 3 is 2.20 bits per heavy atom. The first-order chi connectivity index (χ1) is 18.8. The lowest BCUT2D eigenvalue weighted by Gasteiger charge is -2.34. The summed E-state index contributed by atoms with van der Waals surface area (Å²) < 4.78 is 92.9. The van der Waals surface area contributed by atoms with Gasteiger partial charge in [0.1, 0.15) is 17.6 Å². The van der Waals surface area contributed by atoms with Gasteiger partial charge in [0, 0.05) is 17.3 Å². The molecule has 1 N–H and O–H groups in total. The van der Waals surface area contributed by atoms with Crippen molar-refractivity contribution in [2.45, 2.75) is 49.7 Å². The molecule has 0 bridgehead atoms. The fraction of sp³-hybridized carbons (Fsp3) is 0.345. The second-order valence-corrected chi connectivity index (χ2v) is 9.59. The molecule has 0 aromatic heterocycles. The van der Waals surface area contributed by atoms with E-state index in [4.69, 9.17) is 9.47 Å². The maximum Gasteiger partial charge on any atom is 0.430 e. The molecule has 5 nitrogen and oxygen atoms in total. The van der Waals surface area contributed by atoms with Crippen molar-refractivity contribution in [3.8, 4) is 11.5 Å². The third-order valence-electron chi connectivity index (χ3n) is 7.01. The third-order valence-corrected chi connectivity index (χ3v) is 7.01. The van der Waals surface area contributed by atoms with Crippen LogP contribution in [0.25, 0.3) is 0 Å². The van der Waals surface area contributed by atoms with Crippen molar-refractivity contribution in [3.05, 3.63) is 89.5 Å². The fourth-order valence-corrected chi connectivity index (χ4v) is 4.76. The van der Waals surface area contributed by atoms with Gasteiger partial charge in [0.15, 0.2) is 0 Å². The molecule has 0 spiro atoms. The number of aliphatic hydroxyl groups is 1. The van der Waals surface area contributed by atoms with Crippen molar-refractivity contribution in [1.82, 2.24) is 0 Å². The zero-order chi connectivity index (χ0) is 29.3. The molecule has 1 heterocycles. The minimum Gasteiger partial charge on any atom is -0.497 e. The average molecular weight is 568 g/mol. The molecule has 0 unspecified atom stereocenters. The first-order valence-electron chi connectivity index (χ1n) is 12.4. The Hall–Kier alpha value is -3.73. The molecule has 0 saturated carbocycles. The third kappa shape index (κ3) is 5.60. The maximum absolute atomic E-state index is 13.8. The van der Waals surface area contributed by atoms with Gasteiger partial charge in [-0.1, -0.05) is 48.5 Å². The van der Waals surface area contributed by atoms with Gasteiger partial charge in [0.05, 0.1) is 19.6 Å². The number of aryl methyl sites for hydroxylation is 1. The highest BCUT2D eigenvalue weighted by Gasteiger charge is 2.71. The molecule has 0 saturated heterocycles. The highest BCUT2D eigenvalue weighted by atomic mass is 19.4. The highest BCUT2D eigenvalue weighted by molar-refractivity contribution is 5.98. The van der Waals surface area contributed by atoms with Gasteiger partial charge >= 0.3 is 12.4 Å². The Labute approximate surface area is 226 Å². The van der Waals surface area contributed by atoms with E-state index >= 15 is 0 Å². The van der Waals surface area contributed by atoms with Crippen molar-refractivity contribution in [2.24, 2.45) is 0 Å². The van der Waals surface area contributed by atoms with Crippen LogP contribution in [0.2, 0.25) is 0 Å². The quantitative estimate of drug-likeness (QED) is 0.344. The molecular weight excluding hydrogens is 540 g/mol. The number of carbonyl (C=O) groups excluding carboxylic acids is 1. The highest BCUT2D eigenvalue weighted by Crippen LogP contribution is 2.51. The SMILES string of the molecule is COc1cccc(O[C@@H]2CCc3cc(C(O)(C(F)(F)F)C(F)(F)F)ccc3N(C(=O)[C@@H](C)c3ccccc3)C2)c1. The van der Waals surface area contributed by atoms with Gasteiger partial charge in [-0.2, -0.15) is 26.3 Å². The molecule has 1 amide bonds. The van der Waals surface area contributed by atoms with Gasteiger partial charge in [0.25, 0.3) is 5.60 Å². The summed E-state index contributed by atoms with van der Waals surface area (Å²) in [6.45, 7) is 1.66. The van der Waals surface area contributed by atoms with Crippen molar-refractivity contribution in [1.29, 1.82) is 0 Å². The van der Waals surface area contributed by atoms with Crippen LogP contribution in [-0.4, -0.2) is 43.1 Å². The molecule has 0 aliphatic carbocycles. The van der Waals surface area contributed by atoms with E-state index in [1.165, 1.54) is 12.0 Å². The number of alkyl halides is 6. The van der Waals surface area contributed by atoms with E-state index in [-0.39, 0.29) is 30.6 Å². The molecule has 0 radical (unpaired) electrons. The summed E-state index contributed by atoms with van der Waals surface area (Å²) in [4.78, 5) is 15.1. The predicted molar refractivity (Wildman–Crippen MR) is 135 cm³/mol. The lowest BCUT2D eigenvalue weighted by Crippen LogP contribution is -2.54. The molecule has 40 heavy (non-hydrogen) atoms. The summed E-state index contributed by atoms with van der Waals surface area (Å²) in [5.74, 6) is -0.152. The topological polar surface area (TPSA) is 59.0 Å². The van der Waals surface area contributed by atoms with Crippen LogP contribution in [0.1, 0.15) is 36.0 Å². The van der Waals surface area contributed by atoms with Crippen molar-refractivity contribution >= 4 is 11.6 Å². The lowest BCUT2D eigenvalue weighted by atomic mass is 9.89. The van der Waals surface area contributed by atoms with Gasteiger partial charge in [0.2, 0.25) is 5.91 Å². The number of benzene rings is 3. The number of methoxy groups -OCH3 is 1. The lowest BCUT2D eigenvalue weighted by molar-refractivity contribution is -0.376. The van der Waals surface area contributed by atoms with Crippen LogP contribution in [0.15, 0.2) is 72.8 Å². The van der Waals surface area contributed by atoms with E-state index in [9.17, 15) is 36.2 Å². The number of halogens is 6. The number of rotatable bonds is 6. The second-order valence-electron chi connectivity index (χ2n) is 9.59. The van der Waals surface area contributed by atoms with E-state index in [2.05, 4.69) is 0 Å². The molecule has 0 fully saturated rings. The predicted octanol–water partition coefficient (Wildman–Crippen LogP) is 6.54. The molecule has 3 aromatic rings. The zero-order valence-electron chi connectivity index (χ0n) is 21.6. The van der Waals surface area contributed by atoms with Crippen molar-refractivity contribution < 1.29 is 45.7 Å². The standard InChI is InChI=1S/C29H27F6NO4/c1-18(19-7-4-3-5-8-19)26(37)36-17-24(40-23-10-6-9-22(16-23)39-2)13-11-20-15-21(12-14-25(20)36)27(38,28(30,31)32)29(33,34)35/h3-10,12,14-16,18,24,38H,11,13,17H2,1-2H3/t18-,24+/m0/s1. The van der Waals surface area contributed by atoms with E-state index in [0.717, 1.165) is 6.07 Å². The van der Waals surface area contributed by atoms with Gasteiger partial charge in [-0.05, 0) is 49.1 Å². The van der Waals surface area contributed by atoms with E-state index < -0.39 is 41.4 Å². The van der Waals surface area contributed by atoms with Crippen LogP contribution in [0.5, 0.6) is 11.5 Å². The molecule has 214 valence electrons. The summed E-state index contributed by atoms with van der Waals surface area (Å²) in [7, 11) is 1.48. The van der Waals surface area contributed by atoms with Crippen molar-refractivity contribution in [2.75, 3.05) is 18.6 Å². The number of amides is 1. The minimum absolute atomic E-state index is 0.00684. The summed E-state index contributed by atoms with van der Waals surface area (Å²) in [6, 6.07) is 17.8. The Morgan fingerprint density at radius 2 is 1.57 bits per heavy atom. The van der Waals surface area contributed by atoms with Gasteiger partial charge in [-0.25, -0.2) is 0 Å². The minimum atomic E-state index is -6.03. The average Bonchev–Trinajstić information content (AvgIpc) is 3.10. The summed E-state index contributed by atoms with van der Waals surface area (Å²) in [5, 5.41) is 9.97. The Kier molecular flexibility index (Phi) is 8.07. The Morgan fingerprint density at radius 1 is 0.925 bits per heavy atom. The number of carbonyl (C=O) groups is 1. The van der Waals surface area contributed by atoms with Crippen LogP contribution >= 0.6 is 0 Å². The largest absolute Gasteiger partial charge is 0.497 e. The molecule has 11 heteroatoms. The molecule has 4 rings (SSSR count). The van der Waals surface area contributed by atoms with Crippen LogP contribution in [0.3, 0.4) is 0 Å². The number of hydrogen-bond donors (Lipinski definition) is 1. The number of hydrogen-bond acceptors (Lipinski definition) is 4. The van der Waals surface area contributed by atoms with Gasteiger partial charge < -0.3 is 19.5 Å². The maximum atomic E-state index is 13.8. The molecule has 2 atom stereocenters. The molecule has 3 aromatic carbocycles. The first kappa shape index (κ1) is 29.3. The normalized spacial score (nSPS) is 17.0. The number of fused-ring (bicyclic) bond motifs is 1. The summed E-state index contributed by atoms with van der Waals surface area (Å²) in [6.07, 6.45) is -12.5. The number of ether oxygens (including phenoxy) is 2. The Balaban J connectivity index is 1.76. The van der Waals surface area contributed by atoms with E-state index in [1.54, 1.807) is 61.5 Å². The van der Waals surface area contributed by atoms with E-state index in [1.807, 2.05) is 0 Å². The molecular formula is C29H27F6NO4. The monoisotopic (exact) mass is 567 g/mol. The van der Waals surface area contributed by atoms with Crippen molar-refractivity contribution in [3.63, 3.8) is 0 Å². The Bertz CT molecular complexity index is 1330. The summed E-state index contributed by atoms with van der Waals surface area (Å²) >= 11 is 0. The van der Waals surface area contributed by atoms with E-state index in [0.29, 0.717) is 29.2 Å².